The van der Waals surface area contributed by atoms with Gasteiger partial charge in [-0.2, -0.15) is 11.3 Å². The molecule has 90 valence electrons. The van der Waals surface area contributed by atoms with Crippen molar-refractivity contribution in [3.63, 3.8) is 0 Å². The van der Waals surface area contributed by atoms with Gasteiger partial charge in [-0.15, -0.1) is 0 Å². The fourth-order valence-electron chi connectivity index (χ4n) is 2.08. The van der Waals surface area contributed by atoms with Crippen molar-refractivity contribution < 1.29 is 0 Å². The molecule has 3 N–H and O–H groups in total. The van der Waals surface area contributed by atoms with Gasteiger partial charge in [-0.25, -0.2) is 5.43 Å². The lowest BCUT2D eigenvalue weighted by Crippen LogP contribution is -2.29. The van der Waals surface area contributed by atoms with Gasteiger partial charge < -0.3 is 0 Å². The fraction of sp³-hybridized carbons (Fsp3) is 0.286. The third kappa shape index (κ3) is 2.41. The molecule has 0 bridgehead atoms. The standard InChI is InChI=1S/C14H18N2S/c1-9-4-5-10(2)12(6-9)14(16-15)13-8-17-7-11(13)3/h4-8,14,16H,15H2,1-3H3. The van der Waals surface area contributed by atoms with Gasteiger partial charge in [0.1, 0.15) is 0 Å². The number of hydrogen-bond acceptors (Lipinski definition) is 3. The first kappa shape index (κ1) is 12.3. The van der Waals surface area contributed by atoms with Crippen LogP contribution in [0.3, 0.4) is 0 Å². The number of aryl methyl sites for hydroxylation is 3. The van der Waals surface area contributed by atoms with E-state index in [1.54, 1.807) is 11.3 Å². The van der Waals surface area contributed by atoms with E-state index in [2.05, 4.69) is 55.2 Å². The highest BCUT2D eigenvalue weighted by atomic mass is 32.1. The molecular weight excluding hydrogens is 228 g/mol. The summed E-state index contributed by atoms with van der Waals surface area (Å²) in [6.07, 6.45) is 0. The Kier molecular flexibility index (Phi) is 3.62. The van der Waals surface area contributed by atoms with Crippen LogP contribution in [0, 0.1) is 20.8 Å². The molecule has 0 amide bonds. The topological polar surface area (TPSA) is 38.0 Å². The first-order valence-electron chi connectivity index (χ1n) is 5.69. The Bertz CT molecular complexity index is 517. The van der Waals surface area contributed by atoms with Crippen molar-refractivity contribution in [3.05, 3.63) is 56.8 Å². The summed E-state index contributed by atoms with van der Waals surface area (Å²) < 4.78 is 0. The molecule has 0 aliphatic carbocycles. The highest BCUT2D eigenvalue weighted by Crippen LogP contribution is 2.29. The highest BCUT2D eigenvalue weighted by molar-refractivity contribution is 7.08. The molecule has 2 nitrogen and oxygen atoms in total. The normalized spacial score (nSPS) is 12.7. The van der Waals surface area contributed by atoms with E-state index in [-0.39, 0.29) is 6.04 Å². The van der Waals surface area contributed by atoms with Crippen LogP contribution in [0.15, 0.2) is 29.0 Å². The lowest BCUT2D eigenvalue weighted by molar-refractivity contribution is 0.632. The molecule has 0 saturated heterocycles. The lowest BCUT2D eigenvalue weighted by atomic mass is 9.94. The SMILES string of the molecule is Cc1ccc(C)c(C(NN)c2cscc2C)c1. The second-order valence-electron chi connectivity index (χ2n) is 4.47. The number of hydrogen-bond donors (Lipinski definition) is 2. The Morgan fingerprint density at radius 2 is 1.82 bits per heavy atom. The zero-order valence-corrected chi connectivity index (χ0v) is 11.3. The maximum Gasteiger partial charge on any atom is 0.0723 e. The van der Waals surface area contributed by atoms with Crippen LogP contribution in [0.1, 0.15) is 33.9 Å². The van der Waals surface area contributed by atoms with Crippen molar-refractivity contribution in [3.8, 4) is 0 Å². The van der Waals surface area contributed by atoms with E-state index in [1.807, 2.05) is 0 Å². The van der Waals surface area contributed by atoms with Crippen LogP contribution >= 0.6 is 11.3 Å². The molecule has 1 unspecified atom stereocenters. The summed E-state index contributed by atoms with van der Waals surface area (Å²) in [5.74, 6) is 5.74. The Morgan fingerprint density at radius 3 is 2.41 bits per heavy atom. The molecule has 2 rings (SSSR count). The fourth-order valence-corrected chi connectivity index (χ4v) is 2.96. The minimum absolute atomic E-state index is 0.0844. The van der Waals surface area contributed by atoms with Gasteiger partial charge in [0, 0.05) is 0 Å². The summed E-state index contributed by atoms with van der Waals surface area (Å²) in [5.41, 5.74) is 9.29. The molecule has 1 heterocycles. The van der Waals surface area contributed by atoms with Crippen LogP contribution in [-0.2, 0) is 0 Å². The van der Waals surface area contributed by atoms with Crippen molar-refractivity contribution in [2.24, 2.45) is 5.84 Å². The summed E-state index contributed by atoms with van der Waals surface area (Å²) in [5, 5.41) is 4.33. The number of thiophene rings is 1. The van der Waals surface area contributed by atoms with E-state index in [4.69, 9.17) is 5.84 Å². The van der Waals surface area contributed by atoms with Gasteiger partial charge in [-0.1, -0.05) is 23.8 Å². The molecule has 17 heavy (non-hydrogen) atoms. The molecular formula is C14H18N2S. The quantitative estimate of drug-likeness (QED) is 0.644. The first-order valence-corrected chi connectivity index (χ1v) is 6.63. The van der Waals surface area contributed by atoms with E-state index in [0.717, 1.165) is 0 Å². The number of rotatable bonds is 3. The molecule has 1 aromatic carbocycles. The number of nitrogens with one attached hydrogen (secondary N) is 1. The second-order valence-corrected chi connectivity index (χ2v) is 5.21. The monoisotopic (exact) mass is 246 g/mol. The van der Waals surface area contributed by atoms with Crippen molar-refractivity contribution in [1.82, 2.24) is 5.43 Å². The Labute approximate surface area is 106 Å². The molecule has 3 heteroatoms. The average Bonchev–Trinajstić information content (AvgIpc) is 2.71. The van der Waals surface area contributed by atoms with Crippen molar-refractivity contribution >= 4 is 11.3 Å². The molecule has 0 aliphatic rings. The summed E-state index contributed by atoms with van der Waals surface area (Å²) in [4.78, 5) is 0. The molecule has 1 atom stereocenters. The predicted molar refractivity (Wildman–Crippen MR) is 74.1 cm³/mol. The van der Waals surface area contributed by atoms with Gasteiger partial charge in [0.2, 0.25) is 0 Å². The predicted octanol–water partition coefficient (Wildman–Crippen LogP) is 3.23. The molecule has 2 aromatic rings. The minimum Gasteiger partial charge on any atom is -0.271 e. The molecule has 0 fully saturated rings. The van der Waals surface area contributed by atoms with Crippen LogP contribution in [0.4, 0.5) is 0 Å². The van der Waals surface area contributed by atoms with Gasteiger partial charge >= 0.3 is 0 Å². The molecule has 0 spiro atoms. The van der Waals surface area contributed by atoms with Crippen molar-refractivity contribution in [1.29, 1.82) is 0 Å². The molecule has 0 radical (unpaired) electrons. The Hall–Kier alpha value is -1.16. The van der Waals surface area contributed by atoms with Crippen LogP contribution in [0.2, 0.25) is 0 Å². The maximum absolute atomic E-state index is 5.74. The van der Waals surface area contributed by atoms with E-state index in [1.165, 1.54) is 27.8 Å². The van der Waals surface area contributed by atoms with Crippen LogP contribution in [-0.4, -0.2) is 0 Å². The van der Waals surface area contributed by atoms with E-state index >= 15 is 0 Å². The molecule has 0 saturated carbocycles. The largest absolute Gasteiger partial charge is 0.271 e. The number of benzene rings is 1. The Morgan fingerprint density at radius 1 is 1.06 bits per heavy atom. The van der Waals surface area contributed by atoms with Crippen molar-refractivity contribution in [2.45, 2.75) is 26.8 Å². The first-order chi connectivity index (χ1) is 8.13. The molecule has 0 aliphatic heterocycles. The Balaban J connectivity index is 2.49. The maximum atomic E-state index is 5.74. The smallest absolute Gasteiger partial charge is 0.0723 e. The van der Waals surface area contributed by atoms with Gasteiger partial charge in [-0.3, -0.25) is 5.84 Å². The summed E-state index contributed by atoms with van der Waals surface area (Å²) in [6.45, 7) is 6.36. The third-order valence-corrected chi connectivity index (χ3v) is 4.00. The summed E-state index contributed by atoms with van der Waals surface area (Å²) >= 11 is 1.72. The summed E-state index contributed by atoms with van der Waals surface area (Å²) in [7, 11) is 0. The third-order valence-electron chi connectivity index (χ3n) is 3.12. The average molecular weight is 246 g/mol. The van der Waals surface area contributed by atoms with E-state index in [0.29, 0.717) is 0 Å². The lowest BCUT2D eigenvalue weighted by Gasteiger charge is -2.19. The summed E-state index contributed by atoms with van der Waals surface area (Å²) in [6, 6.07) is 6.57. The molecule has 1 aromatic heterocycles. The van der Waals surface area contributed by atoms with Crippen LogP contribution in [0.5, 0.6) is 0 Å². The number of hydrazine groups is 1. The van der Waals surface area contributed by atoms with Crippen LogP contribution in [0.25, 0.3) is 0 Å². The van der Waals surface area contributed by atoms with Gasteiger partial charge in [0.15, 0.2) is 0 Å². The van der Waals surface area contributed by atoms with Gasteiger partial charge in [0.25, 0.3) is 0 Å². The number of nitrogens with two attached hydrogens (primary N) is 1. The zero-order valence-electron chi connectivity index (χ0n) is 10.4. The van der Waals surface area contributed by atoms with E-state index in [9.17, 15) is 0 Å². The van der Waals surface area contributed by atoms with Crippen LogP contribution < -0.4 is 11.3 Å². The highest BCUT2D eigenvalue weighted by Gasteiger charge is 2.17. The second kappa shape index (κ2) is 5.00. The van der Waals surface area contributed by atoms with Gasteiger partial charge in [-0.05, 0) is 53.8 Å². The van der Waals surface area contributed by atoms with Gasteiger partial charge in [0.05, 0.1) is 6.04 Å². The minimum atomic E-state index is 0.0844. The van der Waals surface area contributed by atoms with Crippen molar-refractivity contribution in [2.75, 3.05) is 0 Å². The van der Waals surface area contributed by atoms with E-state index < -0.39 is 0 Å². The zero-order chi connectivity index (χ0) is 12.4.